The zero-order valence-corrected chi connectivity index (χ0v) is 12.8. The summed E-state index contributed by atoms with van der Waals surface area (Å²) < 4.78 is 0. The number of hydrogen-bond acceptors (Lipinski definition) is 3. The minimum Gasteiger partial charge on any atom is -0.323 e. The minimum atomic E-state index is 0.202. The van der Waals surface area contributed by atoms with Gasteiger partial charge < -0.3 is 14.7 Å². The lowest BCUT2D eigenvalue weighted by Gasteiger charge is -2.33. The van der Waals surface area contributed by atoms with Gasteiger partial charge >= 0.3 is 6.03 Å². The van der Waals surface area contributed by atoms with Crippen molar-refractivity contribution in [2.24, 2.45) is 5.92 Å². The van der Waals surface area contributed by atoms with Crippen molar-refractivity contribution in [2.75, 3.05) is 59.9 Å². The van der Waals surface area contributed by atoms with Gasteiger partial charge in [0.2, 0.25) is 0 Å². The largest absolute Gasteiger partial charge is 0.323 e. The first-order valence-electron chi connectivity index (χ1n) is 7.41. The van der Waals surface area contributed by atoms with Crippen LogP contribution in [0.1, 0.15) is 13.8 Å². The fourth-order valence-corrected chi connectivity index (χ4v) is 2.97. The summed E-state index contributed by atoms with van der Waals surface area (Å²) in [6.45, 7) is 11.7. The molecule has 0 bridgehead atoms. The van der Waals surface area contributed by atoms with Crippen molar-refractivity contribution in [1.29, 1.82) is 0 Å². The number of likely N-dealkylation sites (N-methyl/N-ethyl adjacent to an activating group) is 2. The summed E-state index contributed by atoms with van der Waals surface area (Å²) in [7, 11) is 4.10. The van der Waals surface area contributed by atoms with E-state index < -0.39 is 0 Å². The molecular weight excluding hydrogens is 240 g/mol. The molecule has 2 fully saturated rings. The molecule has 2 saturated heterocycles. The number of nitrogens with zero attached hydrogens (tertiary/aromatic N) is 4. The zero-order valence-electron chi connectivity index (χ0n) is 12.8. The number of amides is 2. The summed E-state index contributed by atoms with van der Waals surface area (Å²) >= 11 is 0. The van der Waals surface area contributed by atoms with E-state index >= 15 is 0 Å². The van der Waals surface area contributed by atoms with Gasteiger partial charge in [0.05, 0.1) is 6.04 Å². The van der Waals surface area contributed by atoms with E-state index in [1.54, 1.807) is 0 Å². The predicted molar refractivity (Wildman–Crippen MR) is 77.3 cm³/mol. The van der Waals surface area contributed by atoms with E-state index in [1.165, 1.54) is 0 Å². The number of hydrogen-bond donors (Lipinski definition) is 0. The van der Waals surface area contributed by atoms with Gasteiger partial charge in [0, 0.05) is 52.9 Å². The van der Waals surface area contributed by atoms with E-state index in [4.69, 9.17) is 0 Å². The predicted octanol–water partition coefficient (Wildman–Crippen LogP) is 0.626. The molecular formula is C14H28N4O. The average Bonchev–Trinajstić information content (AvgIpc) is 2.66. The van der Waals surface area contributed by atoms with E-state index in [9.17, 15) is 4.79 Å². The molecule has 0 aromatic heterocycles. The molecule has 2 rings (SSSR count). The van der Waals surface area contributed by atoms with Crippen LogP contribution in [0.3, 0.4) is 0 Å². The second-order valence-electron chi connectivity index (χ2n) is 6.30. The highest BCUT2D eigenvalue weighted by Crippen LogP contribution is 2.20. The molecule has 2 aliphatic rings. The normalized spacial score (nSPS) is 26.8. The van der Waals surface area contributed by atoms with Gasteiger partial charge in [0.1, 0.15) is 0 Å². The SMILES string of the molecule is CC(C)C1CN(CCN2CCN(C)CC2)C(=O)N1C. The Balaban J connectivity index is 1.79. The van der Waals surface area contributed by atoms with E-state index in [0.717, 1.165) is 45.8 Å². The number of rotatable bonds is 4. The molecule has 0 aromatic rings. The molecule has 0 aliphatic carbocycles. The van der Waals surface area contributed by atoms with Crippen molar-refractivity contribution in [3.8, 4) is 0 Å². The van der Waals surface area contributed by atoms with Crippen LogP contribution in [0.25, 0.3) is 0 Å². The summed E-state index contributed by atoms with van der Waals surface area (Å²) in [4.78, 5) is 20.9. The smallest absolute Gasteiger partial charge is 0.320 e. The van der Waals surface area contributed by atoms with Crippen molar-refractivity contribution in [1.82, 2.24) is 19.6 Å². The van der Waals surface area contributed by atoms with Crippen LogP contribution >= 0.6 is 0 Å². The highest BCUT2D eigenvalue weighted by atomic mass is 16.2. The highest BCUT2D eigenvalue weighted by Gasteiger charge is 2.35. The van der Waals surface area contributed by atoms with Gasteiger partial charge in [-0.1, -0.05) is 13.8 Å². The van der Waals surface area contributed by atoms with Crippen LogP contribution < -0.4 is 0 Å². The summed E-state index contributed by atoms with van der Waals surface area (Å²) in [5.41, 5.74) is 0. The highest BCUT2D eigenvalue weighted by molar-refractivity contribution is 5.76. The van der Waals surface area contributed by atoms with E-state index in [2.05, 4.69) is 30.7 Å². The Morgan fingerprint density at radius 1 is 1.11 bits per heavy atom. The average molecular weight is 268 g/mol. The van der Waals surface area contributed by atoms with Crippen molar-refractivity contribution in [3.05, 3.63) is 0 Å². The standard InChI is InChI=1S/C14H28N4O/c1-12(2)13-11-18(14(19)16(13)4)10-9-17-7-5-15(3)6-8-17/h12-13H,5-11H2,1-4H3. The maximum Gasteiger partial charge on any atom is 0.320 e. The van der Waals surface area contributed by atoms with E-state index in [1.807, 2.05) is 16.8 Å². The molecule has 110 valence electrons. The first-order valence-corrected chi connectivity index (χ1v) is 7.41. The van der Waals surface area contributed by atoms with Gasteiger partial charge in [-0.05, 0) is 13.0 Å². The van der Waals surface area contributed by atoms with Crippen LogP contribution in [0.5, 0.6) is 0 Å². The van der Waals surface area contributed by atoms with E-state index in [0.29, 0.717) is 12.0 Å². The Bertz CT molecular complexity index is 313. The first kappa shape index (κ1) is 14.6. The van der Waals surface area contributed by atoms with Crippen LogP contribution in [0.4, 0.5) is 4.79 Å². The molecule has 0 N–H and O–H groups in total. The Hall–Kier alpha value is -0.810. The molecule has 0 spiro atoms. The van der Waals surface area contributed by atoms with Crippen LogP contribution in [-0.4, -0.2) is 91.6 Å². The maximum atomic E-state index is 12.2. The Labute approximate surface area is 117 Å². The number of urea groups is 1. The summed E-state index contributed by atoms with van der Waals surface area (Å²) in [5, 5.41) is 0. The Kier molecular flexibility index (Phi) is 4.68. The first-order chi connectivity index (χ1) is 8.99. The van der Waals surface area contributed by atoms with Gasteiger partial charge in [0.25, 0.3) is 0 Å². The molecule has 0 radical (unpaired) electrons. The van der Waals surface area contributed by atoms with E-state index in [-0.39, 0.29) is 6.03 Å². The summed E-state index contributed by atoms with van der Waals surface area (Å²) in [6, 6.07) is 0.577. The quantitative estimate of drug-likeness (QED) is 0.749. The minimum absolute atomic E-state index is 0.202. The lowest BCUT2D eigenvalue weighted by molar-refractivity contribution is 0.141. The second kappa shape index (κ2) is 6.09. The van der Waals surface area contributed by atoms with Crippen molar-refractivity contribution in [2.45, 2.75) is 19.9 Å². The fraction of sp³-hybridized carbons (Fsp3) is 0.929. The summed E-state index contributed by atoms with van der Waals surface area (Å²) in [5.74, 6) is 0.530. The molecule has 2 amide bonds. The zero-order chi connectivity index (χ0) is 14.0. The van der Waals surface area contributed by atoms with Crippen LogP contribution in [0, 0.1) is 5.92 Å². The molecule has 2 aliphatic heterocycles. The maximum absolute atomic E-state index is 12.2. The van der Waals surface area contributed by atoms with Crippen LogP contribution in [0.2, 0.25) is 0 Å². The Morgan fingerprint density at radius 3 is 2.26 bits per heavy atom. The monoisotopic (exact) mass is 268 g/mol. The molecule has 19 heavy (non-hydrogen) atoms. The molecule has 2 heterocycles. The van der Waals surface area contributed by atoms with Crippen LogP contribution in [0.15, 0.2) is 0 Å². The third-order valence-electron chi connectivity index (χ3n) is 4.53. The van der Waals surface area contributed by atoms with Crippen molar-refractivity contribution < 1.29 is 4.79 Å². The number of carbonyl (C=O) groups excluding carboxylic acids is 1. The van der Waals surface area contributed by atoms with Gasteiger partial charge in [-0.15, -0.1) is 0 Å². The molecule has 0 aromatic carbocycles. The van der Waals surface area contributed by atoms with Gasteiger partial charge in [0.15, 0.2) is 0 Å². The second-order valence-corrected chi connectivity index (χ2v) is 6.30. The third kappa shape index (κ3) is 3.39. The number of carbonyl (C=O) groups is 1. The fourth-order valence-electron chi connectivity index (χ4n) is 2.97. The molecule has 0 saturated carbocycles. The molecule has 5 heteroatoms. The van der Waals surface area contributed by atoms with Crippen molar-refractivity contribution >= 4 is 6.03 Å². The van der Waals surface area contributed by atoms with Crippen molar-refractivity contribution in [3.63, 3.8) is 0 Å². The van der Waals surface area contributed by atoms with Gasteiger partial charge in [-0.25, -0.2) is 4.79 Å². The lowest BCUT2D eigenvalue weighted by atomic mass is 10.0. The number of piperazine rings is 1. The Morgan fingerprint density at radius 2 is 1.74 bits per heavy atom. The molecule has 5 nitrogen and oxygen atoms in total. The third-order valence-corrected chi connectivity index (χ3v) is 4.53. The van der Waals surface area contributed by atoms with Gasteiger partial charge in [-0.2, -0.15) is 0 Å². The lowest BCUT2D eigenvalue weighted by Crippen LogP contribution is -2.47. The summed E-state index contributed by atoms with van der Waals surface area (Å²) in [6.07, 6.45) is 0. The van der Waals surface area contributed by atoms with Gasteiger partial charge in [-0.3, -0.25) is 4.90 Å². The molecule has 1 atom stereocenters. The topological polar surface area (TPSA) is 30.0 Å². The van der Waals surface area contributed by atoms with Crippen LogP contribution in [-0.2, 0) is 0 Å². The molecule has 1 unspecified atom stereocenters.